The Bertz CT molecular complexity index is 789. The highest BCUT2D eigenvalue weighted by molar-refractivity contribution is 6.05. The van der Waals surface area contributed by atoms with E-state index in [9.17, 15) is 14.0 Å². The van der Waals surface area contributed by atoms with Gasteiger partial charge in [0.25, 0.3) is 5.91 Å². The molecule has 1 saturated heterocycles. The highest BCUT2D eigenvalue weighted by atomic mass is 19.1. The van der Waals surface area contributed by atoms with Gasteiger partial charge >= 0.3 is 0 Å². The first kappa shape index (κ1) is 16.2. The second-order valence-electron chi connectivity index (χ2n) is 5.93. The van der Waals surface area contributed by atoms with Crippen LogP contribution in [-0.4, -0.2) is 18.4 Å². The number of amides is 2. The number of carbonyl (C=O) groups excluding carboxylic acids is 2. The number of halogens is 1. The molecule has 1 fully saturated rings. The number of rotatable bonds is 4. The quantitative estimate of drug-likeness (QED) is 0.938. The molecule has 0 aliphatic carbocycles. The van der Waals surface area contributed by atoms with E-state index in [0.29, 0.717) is 36.3 Å². The molecular weight excluding hydrogens is 307 g/mol. The van der Waals surface area contributed by atoms with E-state index in [2.05, 4.69) is 5.32 Å². The number of aryl methyl sites for hydroxylation is 1. The van der Waals surface area contributed by atoms with Gasteiger partial charge in [0.15, 0.2) is 0 Å². The fraction of sp³-hybridized carbons (Fsp3) is 0.263. The highest BCUT2D eigenvalue weighted by Crippen LogP contribution is 2.25. The predicted octanol–water partition coefficient (Wildman–Crippen LogP) is 3.19. The largest absolute Gasteiger partial charge is 0.348 e. The van der Waals surface area contributed by atoms with E-state index in [1.54, 1.807) is 42.2 Å². The molecule has 3 rings (SSSR count). The van der Waals surface area contributed by atoms with E-state index in [4.69, 9.17) is 0 Å². The van der Waals surface area contributed by atoms with Crippen molar-refractivity contribution in [2.45, 2.75) is 26.3 Å². The maximum Gasteiger partial charge on any atom is 0.253 e. The summed E-state index contributed by atoms with van der Waals surface area (Å²) >= 11 is 0. The third-order valence-corrected chi connectivity index (χ3v) is 4.19. The van der Waals surface area contributed by atoms with Gasteiger partial charge in [-0.15, -0.1) is 0 Å². The van der Waals surface area contributed by atoms with Crippen LogP contribution in [0.3, 0.4) is 0 Å². The van der Waals surface area contributed by atoms with Gasteiger partial charge in [-0.3, -0.25) is 9.59 Å². The van der Waals surface area contributed by atoms with E-state index < -0.39 is 0 Å². The Morgan fingerprint density at radius 3 is 2.75 bits per heavy atom. The SMILES string of the molecule is Cc1cc(CNC(=O)c2ccccc2N2CCCC2=O)ccc1F. The van der Waals surface area contributed by atoms with Crippen LogP contribution in [0.5, 0.6) is 0 Å². The average molecular weight is 326 g/mol. The lowest BCUT2D eigenvalue weighted by Crippen LogP contribution is -2.29. The standard InChI is InChI=1S/C19H19FN2O2/c1-13-11-14(8-9-16(13)20)12-21-19(24)15-5-2-3-6-17(15)22-10-4-7-18(22)23/h2-3,5-6,8-9,11H,4,7,10,12H2,1H3,(H,21,24). The molecule has 2 aromatic carbocycles. The third-order valence-electron chi connectivity index (χ3n) is 4.19. The van der Waals surface area contributed by atoms with Crippen LogP contribution in [0.2, 0.25) is 0 Å². The number of hydrogen-bond donors (Lipinski definition) is 1. The molecule has 2 amide bonds. The number of nitrogens with zero attached hydrogens (tertiary/aromatic N) is 1. The molecule has 0 atom stereocenters. The first-order chi connectivity index (χ1) is 11.6. The van der Waals surface area contributed by atoms with Gasteiger partial charge in [-0.1, -0.05) is 24.3 Å². The number of nitrogens with one attached hydrogen (secondary N) is 1. The van der Waals surface area contributed by atoms with Crippen molar-refractivity contribution in [3.8, 4) is 0 Å². The Balaban J connectivity index is 1.75. The Labute approximate surface area is 140 Å². The van der Waals surface area contributed by atoms with Crippen molar-refractivity contribution in [3.63, 3.8) is 0 Å². The van der Waals surface area contributed by atoms with Crippen LogP contribution < -0.4 is 10.2 Å². The molecule has 0 unspecified atom stereocenters. The second-order valence-corrected chi connectivity index (χ2v) is 5.93. The molecular formula is C19H19FN2O2. The molecule has 1 heterocycles. The Morgan fingerprint density at radius 2 is 2.04 bits per heavy atom. The normalized spacial score (nSPS) is 14.1. The Morgan fingerprint density at radius 1 is 1.25 bits per heavy atom. The summed E-state index contributed by atoms with van der Waals surface area (Å²) in [7, 11) is 0. The van der Waals surface area contributed by atoms with E-state index in [1.807, 2.05) is 6.07 Å². The maximum atomic E-state index is 13.3. The average Bonchev–Trinajstić information content (AvgIpc) is 3.01. The molecule has 0 saturated carbocycles. The van der Waals surface area contributed by atoms with E-state index in [1.165, 1.54) is 6.07 Å². The monoisotopic (exact) mass is 326 g/mol. The summed E-state index contributed by atoms with van der Waals surface area (Å²) in [6.45, 7) is 2.64. The molecule has 0 radical (unpaired) electrons. The summed E-state index contributed by atoms with van der Waals surface area (Å²) in [6, 6.07) is 11.9. The molecule has 0 aromatic heterocycles. The number of hydrogen-bond acceptors (Lipinski definition) is 2. The van der Waals surface area contributed by atoms with Gasteiger partial charge in [0.2, 0.25) is 5.91 Å². The van der Waals surface area contributed by atoms with E-state index >= 15 is 0 Å². The molecule has 5 heteroatoms. The minimum Gasteiger partial charge on any atom is -0.348 e. The van der Waals surface area contributed by atoms with Crippen LogP contribution in [0.1, 0.15) is 34.3 Å². The highest BCUT2D eigenvalue weighted by Gasteiger charge is 2.25. The number of carbonyl (C=O) groups is 2. The Kier molecular flexibility index (Phi) is 4.60. The van der Waals surface area contributed by atoms with Gasteiger partial charge < -0.3 is 10.2 Å². The van der Waals surface area contributed by atoms with Gasteiger partial charge in [-0.2, -0.15) is 0 Å². The van der Waals surface area contributed by atoms with Crippen LogP contribution >= 0.6 is 0 Å². The molecule has 1 aliphatic heterocycles. The summed E-state index contributed by atoms with van der Waals surface area (Å²) in [5.41, 5.74) is 2.50. The summed E-state index contributed by atoms with van der Waals surface area (Å²) in [5, 5.41) is 2.84. The van der Waals surface area contributed by atoms with Gasteiger partial charge in [0.1, 0.15) is 5.82 Å². The van der Waals surface area contributed by atoms with Crippen LogP contribution in [0.15, 0.2) is 42.5 Å². The summed E-state index contributed by atoms with van der Waals surface area (Å²) in [5.74, 6) is -0.459. The number of para-hydroxylation sites is 1. The molecule has 2 aromatic rings. The topological polar surface area (TPSA) is 49.4 Å². The zero-order valence-electron chi connectivity index (χ0n) is 13.5. The van der Waals surface area contributed by atoms with Crippen molar-refractivity contribution in [1.29, 1.82) is 0 Å². The molecule has 4 nitrogen and oxygen atoms in total. The van der Waals surface area contributed by atoms with Crippen LogP contribution in [-0.2, 0) is 11.3 Å². The molecule has 24 heavy (non-hydrogen) atoms. The summed E-state index contributed by atoms with van der Waals surface area (Å²) in [4.78, 5) is 26.2. The van der Waals surface area contributed by atoms with Gasteiger partial charge in [-0.05, 0) is 42.7 Å². The lowest BCUT2D eigenvalue weighted by atomic mass is 10.1. The van der Waals surface area contributed by atoms with Crippen LogP contribution in [0.4, 0.5) is 10.1 Å². The molecule has 1 N–H and O–H groups in total. The molecule has 0 bridgehead atoms. The van der Waals surface area contributed by atoms with Crippen molar-refractivity contribution in [3.05, 3.63) is 65.0 Å². The maximum absolute atomic E-state index is 13.3. The molecule has 0 spiro atoms. The summed E-state index contributed by atoms with van der Waals surface area (Å²) < 4.78 is 13.3. The number of anilines is 1. The first-order valence-electron chi connectivity index (χ1n) is 7.99. The van der Waals surface area contributed by atoms with Crippen molar-refractivity contribution in [2.75, 3.05) is 11.4 Å². The second kappa shape index (κ2) is 6.83. The lowest BCUT2D eigenvalue weighted by Gasteiger charge is -2.19. The minimum atomic E-state index is -0.261. The zero-order chi connectivity index (χ0) is 17.1. The molecule has 124 valence electrons. The van der Waals surface area contributed by atoms with Crippen molar-refractivity contribution in [2.24, 2.45) is 0 Å². The third kappa shape index (κ3) is 3.30. The minimum absolute atomic E-state index is 0.0457. The fourth-order valence-corrected chi connectivity index (χ4v) is 2.90. The molecule has 1 aliphatic rings. The van der Waals surface area contributed by atoms with E-state index in [0.717, 1.165) is 12.0 Å². The van der Waals surface area contributed by atoms with Crippen LogP contribution in [0, 0.1) is 12.7 Å². The van der Waals surface area contributed by atoms with E-state index in [-0.39, 0.29) is 17.6 Å². The predicted molar refractivity (Wildman–Crippen MR) is 90.3 cm³/mol. The van der Waals surface area contributed by atoms with Crippen molar-refractivity contribution < 1.29 is 14.0 Å². The number of benzene rings is 2. The lowest BCUT2D eigenvalue weighted by molar-refractivity contribution is -0.117. The van der Waals surface area contributed by atoms with Crippen molar-refractivity contribution in [1.82, 2.24) is 5.32 Å². The van der Waals surface area contributed by atoms with Gasteiger partial charge in [-0.25, -0.2) is 4.39 Å². The smallest absolute Gasteiger partial charge is 0.253 e. The first-order valence-corrected chi connectivity index (χ1v) is 7.99. The zero-order valence-corrected chi connectivity index (χ0v) is 13.5. The van der Waals surface area contributed by atoms with Gasteiger partial charge in [0, 0.05) is 19.5 Å². The van der Waals surface area contributed by atoms with Crippen molar-refractivity contribution >= 4 is 17.5 Å². The Hall–Kier alpha value is -2.69. The fourth-order valence-electron chi connectivity index (χ4n) is 2.90. The van der Waals surface area contributed by atoms with Crippen LogP contribution in [0.25, 0.3) is 0 Å². The summed E-state index contributed by atoms with van der Waals surface area (Å²) in [6.07, 6.45) is 1.33. The van der Waals surface area contributed by atoms with Gasteiger partial charge in [0.05, 0.1) is 11.3 Å².